The largest absolute Gasteiger partial charge is 0.483 e. The molecule has 0 radical (unpaired) electrons. The molecular weight excluding hydrogens is 292 g/mol. The molecule has 1 saturated heterocycles. The summed E-state index contributed by atoms with van der Waals surface area (Å²) in [7, 11) is 0. The lowest BCUT2D eigenvalue weighted by molar-refractivity contribution is -0.132. The van der Waals surface area contributed by atoms with Gasteiger partial charge < -0.3 is 15.4 Å². The van der Waals surface area contributed by atoms with Crippen molar-refractivity contribution in [3.63, 3.8) is 0 Å². The van der Waals surface area contributed by atoms with Gasteiger partial charge in [0.05, 0.1) is 5.92 Å². The highest BCUT2D eigenvalue weighted by Gasteiger charge is 2.35. The van der Waals surface area contributed by atoms with Crippen LogP contribution >= 0.6 is 11.6 Å². The van der Waals surface area contributed by atoms with E-state index in [2.05, 4.69) is 0 Å². The third-order valence-electron chi connectivity index (χ3n) is 3.90. The van der Waals surface area contributed by atoms with Crippen molar-refractivity contribution in [2.45, 2.75) is 13.8 Å². The summed E-state index contributed by atoms with van der Waals surface area (Å²) in [6.07, 6.45) is 0. The molecule has 2 atom stereocenters. The smallest absolute Gasteiger partial charge is 0.260 e. The maximum Gasteiger partial charge on any atom is 0.260 e. The number of carbonyl (C=O) groups excluding carboxylic acids is 2. The molecule has 0 aliphatic carbocycles. The number of rotatable bonds is 4. The van der Waals surface area contributed by atoms with Gasteiger partial charge in [-0.05, 0) is 25.0 Å². The first-order chi connectivity index (χ1) is 9.90. The van der Waals surface area contributed by atoms with Crippen LogP contribution in [0.5, 0.6) is 5.75 Å². The molecular formula is C15H19ClN2O3. The van der Waals surface area contributed by atoms with E-state index in [9.17, 15) is 9.59 Å². The molecule has 114 valence electrons. The van der Waals surface area contributed by atoms with Gasteiger partial charge in [-0.1, -0.05) is 24.6 Å². The zero-order valence-electron chi connectivity index (χ0n) is 12.1. The van der Waals surface area contributed by atoms with Crippen LogP contribution in [0.1, 0.15) is 12.5 Å². The highest BCUT2D eigenvalue weighted by atomic mass is 35.5. The molecule has 0 bridgehead atoms. The van der Waals surface area contributed by atoms with E-state index in [1.165, 1.54) is 0 Å². The second kappa shape index (κ2) is 6.35. The highest BCUT2D eigenvalue weighted by molar-refractivity contribution is 6.31. The van der Waals surface area contributed by atoms with E-state index < -0.39 is 0 Å². The minimum absolute atomic E-state index is 0.0701. The summed E-state index contributed by atoms with van der Waals surface area (Å²) in [5.41, 5.74) is 6.13. The van der Waals surface area contributed by atoms with Crippen LogP contribution in [-0.2, 0) is 9.59 Å². The SMILES string of the molecule is Cc1c(Cl)cccc1OCC(=O)N1C[C@@H](C)[C@H](C(N)=O)C1. The zero-order valence-corrected chi connectivity index (χ0v) is 12.9. The number of hydrogen-bond donors (Lipinski definition) is 1. The average Bonchev–Trinajstić information content (AvgIpc) is 2.82. The van der Waals surface area contributed by atoms with Crippen molar-refractivity contribution in [2.24, 2.45) is 17.6 Å². The Morgan fingerprint density at radius 2 is 2.14 bits per heavy atom. The molecule has 0 spiro atoms. The van der Waals surface area contributed by atoms with Gasteiger partial charge in [0, 0.05) is 23.7 Å². The van der Waals surface area contributed by atoms with Gasteiger partial charge in [-0.15, -0.1) is 0 Å². The van der Waals surface area contributed by atoms with Gasteiger partial charge in [0.25, 0.3) is 5.91 Å². The summed E-state index contributed by atoms with van der Waals surface area (Å²) in [5.74, 6) is -0.106. The van der Waals surface area contributed by atoms with Crippen molar-refractivity contribution in [3.05, 3.63) is 28.8 Å². The van der Waals surface area contributed by atoms with Gasteiger partial charge in [0.1, 0.15) is 5.75 Å². The van der Waals surface area contributed by atoms with E-state index >= 15 is 0 Å². The maximum absolute atomic E-state index is 12.1. The summed E-state index contributed by atoms with van der Waals surface area (Å²) in [5, 5.41) is 0.600. The summed E-state index contributed by atoms with van der Waals surface area (Å²) in [6, 6.07) is 5.31. The van der Waals surface area contributed by atoms with Gasteiger partial charge in [0.15, 0.2) is 6.61 Å². The second-order valence-electron chi connectivity index (χ2n) is 5.44. The lowest BCUT2D eigenvalue weighted by atomic mass is 9.98. The molecule has 2 amide bonds. The highest BCUT2D eigenvalue weighted by Crippen LogP contribution is 2.26. The number of amides is 2. The molecule has 0 saturated carbocycles. The lowest BCUT2D eigenvalue weighted by Gasteiger charge is -2.17. The first-order valence-electron chi connectivity index (χ1n) is 6.85. The van der Waals surface area contributed by atoms with Gasteiger partial charge in [-0.3, -0.25) is 9.59 Å². The van der Waals surface area contributed by atoms with Crippen LogP contribution in [0.15, 0.2) is 18.2 Å². The Morgan fingerprint density at radius 3 is 2.76 bits per heavy atom. The van der Waals surface area contributed by atoms with Gasteiger partial charge in [-0.2, -0.15) is 0 Å². The van der Waals surface area contributed by atoms with Gasteiger partial charge in [-0.25, -0.2) is 0 Å². The molecule has 0 aromatic heterocycles. The van der Waals surface area contributed by atoms with Crippen molar-refractivity contribution in [1.29, 1.82) is 0 Å². The molecule has 1 aliphatic heterocycles. The third kappa shape index (κ3) is 3.47. The van der Waals surface area contributed by atoms with Gasteiger partial charge in [0.2, 0.25) is 5.91 Å². The maximum atomic E-state index is 12.1. The quantitative estimate of drug-likeness (QED) is 0.918. The Hall–Kier alpha value is -1.75. The van der Waals surface area contributed by atoms with Crippen LogP contribution in [0.3, 0.4) is 0 Å². The standard InChI is InChI=1S/C15H19ClN2O3/c1-9-6-18(7-11(9)15(17)20)14(19)8-21-13-5-3-4-12(16)10(13)2/h3-5,9,11H,6-8H2,1-2H3,(H2,17,20)/t9-,11-/m1/s1. The third-order valence-corrected chi connectivity index (χ3v) is 4.31. The average molecular weight is 311 g/mol. The number of nitrogens with zero attached hydrogens (tertiary/aromatic N) is 1. The number of carbonyl (C=O) groups is 2. The molecule has 6 heteroatoms. The van der Waals surface area contributed by atoms with Crippen LogP contribution in [0.4, 0.5) is 0 Å². The molecule has 1 fully saturated rings. The van der Waals surface area contributed by atoms with Crippen molar-refractivity contribution in [1.82, 2.24) is 4.90 Å². The molecule has 0 unspecified atom stereocenters. The van der Waals surface area contributed by atoms with Crippen molar-refractivity contribution in [3.8, 4) is 5.75 Å². The summed E-state index contributed by atoms with van der Waals surface area (Å²) < 4.78 is 5.53. The molecule has 1 aliphatic rings. The number of ether oxygens (including phenoxy) is 1. The number of halogens is 1. The Bertz CT molecular complexity index is 562. The number of benzene rings is 1. The lowest BCUT2D eigenvalue weighted by Crippen LogP contribution is -2.34. The predicted octanol–water partition coefficient (Wildman–Crippen LogP) is 1.61. The van der Waals surface area contributed by atoms with Crippen molar-refractivity contribution < 1.29 is 14.3 Å². The Balaban J connectivity index is 1.94. The van der Waals surface area contributed by atoms with Crippen LogP contribution in [0.25, 0.3) is 0 Å². The zero-order chi connectivity index (χ0) is 15.6. The molecule has 5 nitrogen and oxygen atoms in total. The molecule has 2 rings (SSSR count). The fourth-order valence-electron chi connectivity index (χ4n) is 2.52. The summed E-state index contributed by atoms with van der Waals surface area (Å²) >= 11 is 6.00. The summed E-state index contributed by atoms with van der Waals surface area (Å²) in [4.78, 5) is 25.0. The minimum atomic E-state index is -0.357. The fraction of sp³-hybridized carbons (Fsp3) is 0.467. The van der Waals surface area contributed by atoms with E-state index in [0.717, 1.165) is 5.56 Å². The number of hydrogen-bond acceptors (Lipinski definition) is 3. The van der Waals surface area contributed by atoms with E-state index in [1.54, 1.807) is 23.1 Å². The number of nitrogens with two attached hydrogens (primary N) is 1. The molecule has 1 heterocycles. The molecule has 2 N–H and O–H groups in total. The van der Waals surface area contributed by atoms with Crippen LogP contribution in [0, 0.1) is 18.8 Å². The normalized spacial score (nSPS) is 21.4. The predicted molar refractivity (Wildman–Crippen MR) is 80.1 cm³/mol. The van der Waals surface area contributed by atoms with E-state index in [1.807, 2.05) is 13.8 Å². The topological polar surface area (TPSA) is 72.6 Å². The first kappa shape index (κ1) is 15.6. The van der Waals surface area contributed by atoms with Gasteiger partial charge >= 0.3 is 0 Å². The monoisotopic (exact) mass is 310 g/mol. The van der Waals surface area contributed by atoms with E-state index in [0.29, 0.717) is 23.9 Å². The first-order valence-corrected chi connectivity index (χ1v) is 7.23. The van der Waals surface area contributed by atoms with Crippen LogP contribution in [-0.4, -0.2) is 36.4 Å². The Labute approximate surface area is 129 Å². The van der Waals surface area contributed by atoms with Crippen LogP contribution in [0.2, 0.25) is 5.02 Å². The van der Waals surface area contributed by atoms with Crippen LogP contribution < -0.4 is 10.5 Å². The number of likely N-dealkylation sites (tertiary alicyclic amines) is 1. The van der Waals surface area contributed by atoms with E-state index in [-0.39, 0.29) is 30.3 Å². The number of primary amides is 1. The van der Waals surface area contributed by atoms with Crippen molar-refractivity contribution >= 4 is 23.4 Å². The second-order valence-corrected chi connectivity index (χ2v) is 5.84. The summed E-state index contributed by atoms with van der Waals surface area (Å²) in [6.45, 7) is 4.59. The molecule has 21 heavy (non-hydrogen) atoms. The molecule has 1 aromatic carbocycles. The Kier molecular flexibility index (Phi) is 4.73. The van der Waals surface area contributed by atoms with E-state index in [4.69, 9.17) is 22.1 Å². The Morgan fingerprint density at radius 1 is 1.43 bits per heavy atom. The molecule has 1 aromatic rings. The minimum Gasteiger partial charge on any atom is -0.483 e. The fourth-order valence-corrected chi connectivity index (χ4v) is 2.68. The van der Waals surface area contributed by atoms with Crippen molar-refractivity contribution in [2.75, 3.05) is 19.7 Å².